The summed E-state index contributed by atoms with van der Waals surface area (Å²) in [7, 11) is 0. The molecule has 3 heterocycles. The molecule has 1 aliphatic heterocycles. The lowest BCUT2D eigenvalue weighted by Gasteiger charge is -2.22. The van der Waals surface area contributed by atoms with Gasteiger partial charge in [0.2, 0.25) is 0 Å². The Bertz CT molecular complexity index is 899. The van der Waals surface area contributed by atoms with Gasteiger partial charge in [-0.15, -0.1) is 11.3 Å². The summed E-state index contributed by atoms with van der Waals surface area (Å²) < 4.78 is 1.95. The number of halogens is 1. The minimum absolute atomic E-state index is 0.0308. The second-order valence-corrected chi connectivity index (χ2v) is 8.49. The number of nitrogens with zero attached hydrogens (tertiary/aromatic N) is 3. The number of carbonyl (C=O) groups excluding carboxylic acids is 1. The average Bonchev–Trinajstić information content (AvgIpc) is 3.31. The minimum atomic E-state index is -0.0308. The average molecular weight is 419 g/mol. The van der Waals surface area contributed by atoms with Crippen molar-refractivity contribution < 1.29 is 4.79 Å². The lowest BCUT2D eigenvalue weighted by Crippen LogP contribution is -2.31. The van der Waals surface area contributed by atoms with Crippen LogP contribution in [-0.2, 0) is 0 Å². The van der Waals surface area contributed by atoms with E-state index in [0.717, 1.165) is 40.1 Å². The molecule has 1 aromatic carbocycles. The summed E-state index contributed by atoms with van der Waals surface area (Å²) in [5, 5.41) is 8.29. The van der Waals surface area contributed by atoms with Gasteiger partial charge in [-0.2, -0.15) is 5.10 Å². The zero-order valence-corrected chi connectivity index (χ0v) is 16.5. The van der Waals surface area contributed by atoms with E-state index in [-0.39, 0.29) is 17.9 Å². The molecule has 1 N–H and O–H groups in total. The van der Waals surface area contributed by atoms with E-state index in [0.29, 0.717) is 5.69 Å². The van der Waals surface area contributed by atoms with Crippen molar-refractivity contribution in [2.45, 2.75) is 38.6 Å². The molecule has 1 aliphatic rings. The molecule has 2 aromatic heterocycles. The Morgan fingerprint density at radius 2 is 2.20 bits per heavy atom. The molecule has 0 aliphatic carbocycles. The molecule has 1 fully saturated rings. The van der Waals surface area contributed by atoms with E-state index in [1.165, 1.54) is 4.70 Å². The van der Waals surface area contributed by atoms with Crippen LogP contribution in [-0.4, -0.2) is 32.5 Å². The van der Waals surface area contributed by atoms with Crippen molar-refractivity contribution in [2.75, 3.05) is 6.54 Å². The molecule has 1 atom stereocenters. The van der Waals surface area contributed by atoms with Gasteiger partial charge in [0.25, 0.3) is 5.91 Å². The van der Waals surface area contributed by atoms with Crippen LogP contribution in [0.25, 0.3) is 10.2 Å². The lowest BCUT2D eigenvalue weighted by atomic mass is 10.1. The van der Waals surface area contributed by atoms with E-state index in [9.17, 15) is 4.79 Å². The maximum Gasteiger partial charge on any atom is 0.276 e. The third kappa shape index (κ3) is 2.89. The summed E-state index contributed by atoms with van der Waals surface area (Å²) >= 11 is 5.23. The Morgan fingerprint density at radius 1 is 1.40 bits per heavy atom. The predicted molar refractivity (Wildman–Crippen MR) is 103 cm³/mol. The van der Waals surface area contributed by atoms with Gasteiger partial charge >= 0.3 is 0 Å². The van der Waals surface area contributed by atoms with E-state index in [2.05, 4.69) is 46.0 Å². The van der Waals surface area contributed by atoms with Gasteiger partial charge in [0.05, 0.1) is 26.4 Å². The second-order valence-electron chi connectivity index (χ2n) is 6.63. The Hall–Kier alpha value is -1.73. The Labute approximate surface area is 158 Å². The Balaban J connectivity index is 1.66. The van der Waals surface area contributed by atoms with Gasteiger partial charge in [0, 0.05) is 6.54 Å². The van der Waals surface area contributed by atoms with Crippen LogP contribution in [0.4, 0.5) is 0 Å². The maximum absolute atomic E-state index is 13.1. The van der Waals surface area contributed by atoms with E-state index in [1.807, 2.05) is 23.1 Å². The van der Waals surface area contributed by atoms with Crippen LogP contribution in [0.1, 0.15) is 59.8 Å². The molecule has 25 heavy (non-hydrogen) atoms. The quantitative estimate of drug-likeness (QED) is 0.658. The normalized spacial score (nSPS) is 17.8. The van der Waals surface area contributed by atoms with Gasteiger partial charge in [-0.3, -0.25) is 9.89 Å². The molecule has 0 saturated carbocycles. The van der Waals surface area contributed by atoms with Gasteiger partial charge < -0.3 is 4.90 Å². The number of hydrogen-bond donors (Lipinski definition) is 1. The highest BCUT2D eigenvalue weighted by Crippen LogP contribution is 2.38. The van der Waals surface area contributed by atoms with Crippen LogP contribution in [0, 0.1) is 0 Å². The molecule has 4 rings (SSSR count). The zero-order valence-electron chi connectivity index (χ0n) is 14.1. The van der Waals surface area contributed by atoms with Gasteiger partial charge in [0.15, 0.2) is 5.69 Å². The molecule has 7 heteroatoms. The topological polar surface area (TPSA) is 61.9 Å². The SMILES string of the molecule is CC(C)c1[nH]nc(C(=O)N2CCCC2c2nc3ccccc3s2)c1Br. The van der Waals surface area contributed by atoms with Crippen molar-refractivity contribution in [3.8, 4) is 0 Å². The summed E-state index contributed by atoms with van der Waals surface area (Å²) in [6, 6.07) is 8.16. The molecular formula is C18H19BrN4OS. The Kier molecular flexibility index (Phi) is 4.37. The number of thiazole rings is 1. The highest BCUT2D eigenvalue weighted by atomic mass is 79.9. The van der Waals surface area contributed by atoms with E-state index < -0.39 is 0 Å². The number of fused-ring (bicyclic) bond motifs is 1. The number of carbonyl (C=O) groups is 1. The number of aromatic amines is 1. The first-order chi connectivity index (χ1) is 12.1. The highest BCUT2D eigenvalue weighted by molar-refractivity contribution is 9.10. The van der Waals surface area contributed by atoms with Crippen LogP contribution in [0.3, 0.4) is 0 Å². The fraction of sp³-hybridized carbons (Fsp3) is 0.389. The minimum Gasteiger partial charge on any atom is -0.328 e. The summed E-state index contributed by atoms with van der Waals surface area (Å²) in [6.07, 6.45) is 1.94. The van der Waals surface area contributed by atoms with Crippen LogP contribution in [0.2, 0.25) is 0 Å². The molecule has 0 spiro atoms. The predicted octanol–water partition coefficient (Wildman–Crippen LogP) is 4.88. The number of H-pyrrole nitrogens is 1. The van der Waals surface area contributed by atoms with E-state index in [4.69, 9.17) is 4.98 Å². The highest BCUT2D eigenvalue weighted by Gasteiger charge is 2.35. The fourth-order valence-corrected chi connectivity index (χ4v) is 5.22. The van der Waals surface area contributed by atoms with E-state index in [1.54, 1.807) is 11.3 Å². The number of hydrogen-bond acceptors (Lipinski definition) is 4. The first-order valence-corrected chi connectivity index (χ1v) is 10.1. The van der Waals surface area contributed by atoms with Gasteiger partial charge in [0.1, 0.15) is 5.01 Å². The number of aromatic nitrogens is 3. The number of benzene rings is 1. The van der Waals surface area contributed by atoms with Crippen LogP contribution >= 0.6 is 27.3 Å². The number of nitrogens with one attached hydrogen (secondary N) is 1. The molecule has 3 aromatic rings. The van der Waals surface area contributed by atoms with Gasteiger partial charge in [-0.25, -0.2) is 4.98 Å². The molecule has 1 amide bonds. The molecular weight excluding hydrogens is 400 g/mol. The first kappa shape index (κ1) is 16.7. The number of likely N-dealkylation sites (tertiary alicyclic amines) is 1. The molecule has 1 saturated heterocycles. The maximum atomic E-state index is 13.1. The molecule has 1 unspecified atom stereocenters. The molecule has 5 nitrogen and oxygen atoms in total. The van der Waals surface area contributed by atoms with Gasteiger partial charge in [-0.05, 0) is 46.8 Å². The van der Waals surface area contributed by atoms with Gasteiger partial charge in [-0.1, -0.05) is 26.0 Å². The van der Waals surface area contributed by atoms with Crippen molar-refractivity contribution in [1.29, 1.82) is 0 Å². The monoisotopic (exact) mass is 418 g/mol. The van der Waals surface area contributed by atoms with E-state index >= 15 is 0 Å². The number of amides is 1. The summed E-state index contributed by atoms with van der Waals surface area (Å²) in [5.41, 5.74) is 2.43. The van der Waals surface area contributed by atoms with Crippen molar-refractivity contribution in [3.63, 3.8) is 0 Å². The van der Waals surface area contributed by atoms with Crippen molar-refractivity contribution in [1.82, 2.24) is 20.1 Å². The molecule has 130 valence electrons. The second kappa shape index (κ2) is 6.53. The van der Waals surface area contributed by atoms with Crippen LogP contribution in [0.15, 0.2) is 28.7 Å². The van der Waals surface area contributed by atoms with Crippen LogP contribution < -0.4 is 0 Å². The number of rotatable bonds is 3. The summed E-state index contributed by atoms with van der Waals surface area (Å²) in [4.78, 5) is 19.8. The standard InChI is InChI=1S/C18H19BrN4OS/c1-10(2)15-14(19)16(22-21-15)18(24)23-9-5-7-12(23)17-20-11-6-3-4-8-13(11)25-17/h3-4,6,8,10,12H,5,7,9H2,1-2H3,(H,21,22). The first-order valence-electron chi connectivity index (χ1n) is 8.46. The molecule has 0 radical (unpaired) electrons. The molecule has 0 bridgehead atoms. The van der Waals surface area contributed by atoms with Crippen molar-refractivity contribution >= 4 is 43.4 Å². The third-order valence-corrected chi connectivity index (χ3v) is 6.56. The fourth-order valence-electron chi connectivity index (χ4n) is 3.30. The summed E-state index contributed by atoms with van der Waals surface area (Å²) in [6.45, 7) is 4.90. The van der Waals surface area contributed by atoms with Crippen molar-refractivity contribution in [2.24, 2.45) is 0 Å². The zero-order chi connectivity index (χ0) is 17.6. The largest absolute Gasteiger partial charge is 0.328 e. The van der Waals surface area contributed by atoms with Crippen LogP contribution in [0.5, 0.6) is 0 Å². The summed E-state index contributed by atoms with van der Waals surface area (Å²) in [5.74, 6) is 0.249. The lowest BCUT2D eigenvalue weighted by molar-refractivity contribution is 0.0728. The van der Waals surface area contributed by atoms with Crippen molar-refractivity contribution in [3.05, 3.63) is 45.1 Å². The Morgan fingerprint density at radius 3 is 2.92 bits per heavy atom. The number of para-hydroxylation sites is 1. The smallest absolute Gasteiger partial charge is 0.276 e. The third-order valence-electron chi connectivity index (χ3n) is 4.62.